The molecule has 0 atom stereocenters. The van der Waals surface area contributed by atoms with Crippen LogP contribution in [0.2, 0.25) is 0 Å². The van der Waals surface area contributed by atoms with Gasteiger partial charge in [0.2, 0.25) is 0 Å². The highest BCUT2D eigenvalue weighted by atomic mass is 16.5. The molecule has 15 heavy (non-hydrogen) atoms. The third-order valence-electron chi connectivity index (χ3n) is 1.96. The lowest BCUT2D eigenvalue weighted by molar-refractivity contribution is -0.150. The van der Waals surface area contributed by atoms with E-state index in [0.717, 1.165) is 6.54 Å². The van der Waals surface area contributed by atoms with Crippen molar-refractivity contribution in [3.8, 4) is 0 Å². The Morgan fingerprint density at radius 2 is 1.87 bits per heavy atom. The summed E-state index contributed by atoms with van der Waals surface area (Å²) in [6.07, 6.45) is 0.311. The lowest BCUT2D eigenvalue weighted by Crippen LogP contribution is -2.27. The van der Waals surface area contributed by atoms with Crippen LogP contribution in [0.4, 0.5) is 0 Å². The number of nitrogens with one attached hydrogen (secondary N) is 1. The first kappa shape index (κ1) is 14.1. The van der Waals surface area contributed by atoms with E-state index in [2.05, 4.69) is 5.32 Å². The summed E-state index contributed by atoms with van der Waals surface area (Å²) in [6, 6.07) is 0. The third-order valence-corrected chi connectivity index (χ3v) is 1.96. The molecule has 0 aromatic heterocycles. The summed E-state index contributed by atoms with van der Waals surface area (Å²) in [6.45, 7) is 8.70. The van der Waals surface area contributed by atoms with Crippen molar-refractivity contribution in [3.63, 3.8) is 0 Å². The summed E-state index contributed by atoms with van der Waals surface area (Å²) in [7, 11) is 0. The van der Waals surface area contributed by atoms with E-state index in [1.165, 1.54) is 0 Å². The summed E-state index contributed by atoms with van der Waals surface area (Å²) in [4.78, 5) is 22.5. The maximum absolute atomic E-state index is 11.4. The van der Waals surface area contributed by atoms with Gasteiger partial charge < -0.3 is 10.1 Å². The number of carbonyl (C=O) groups excluding carboxylic acids is 2. The van der Waals surface area contributed by atoms with Gasteiger partial charge >= 0.3 is 5.97 Å². The van der Waals surface area contributed by atoms with Crippen LogP contribution in [0.3, 0.4) is 0 Å². The average Bonchev–Trinajstić information content (AvgIpc) is 2.13. The van der Waals surface area contributed by atoms with Crippen molar-refractivity contribution in [2.45, 2.75) is 34.1 Å². The Bertz CT molecular complexity index is 218. The van der Waals surface area contributed by atoms with Gasteiger partial charge in [-0.3, -0.25) is 9.59 Å². The topological polar surface area (TPSA) is 55.4 Å². The normalized spacial score (nSPS) is 11.2. The van der Waals surface area contributed by atoms with Crippen molar-refractivity contribution in [1.29, 1.82) is 0 Å². The lowest BCUT2D eigenvalue weighted by atomic mass is 9.91. The summed E-state index contributed by atoms with van der Waals surface area (Å²) >= 11 is 0. The zero-order valence-electron chi connectivity index (χ0n) is 10.1. The van der Waals surface area contributed by atoms with Gasteiger partial charge in [-0.25, -0.2) is 0 Å². The number of carbonyl (C=O) groups is 2. The highest BCUT2D eigenvalue weighted by Gasteiger charge is 2.22. The molecule has 0 aliphatic heterocycles. The van der Waals surface area contributed by atoms with Crippen LogP contribution in [0.15, 0.2) is 0 Å². The molecule has 0 amide bonds. The largest absolute Gasteiger partial charge is 0.458 e. The van der Waals surface area contributed by atoms with Crippen molar-refractivity contribution in [2.75, 3.05) is 19.7 Å². The predicted octanol–water partition coefficient (Wildman–Crippen LogP) is 1.14. The molecule has 0 aromatic carbocycles. The van der Waals surface area contributed by atoms with E-state index in [0.29, 0.717) is 13.0 Å². The number of ketones is 1. The van der Waals surface area contributed by atoms with Crippen LogP contribution < -0.4 is 5.32 Å². The SMILES string of the molecule is CCNCCC(=O)OCC(=O)C(C)(C)C. The second-order valence-corrected chi connectivity index (χ2v) is 4.44. The standard InChI is InChI=1S/C11H21NO3/c1-5-12-7-6-10(14)15-8-9(13)11(2,3)4/h12H,5-8H2,1-4H3. The van der Waals surface area contributed by atoms with Crippen LogP contribution >= 0.6 is 0 Å². The molecular weight excluding hydrogens is 194 g/mol. The highest BCUT2D eigenvalue weighted by molar-refractivity contribution is 5.86. The Labute approximate surface area is 91.4 Å². The fourth-order valence-electron chi connectivity index (χ4n) is 0.802. The molecule has 0 unspecified atom stereocenters. The molecule has 1 N–H and O–H groups in total. The molecule has 0 bridgehead atoms. The van der Waals surface area contributed by atoms with Gasteiger partial charge in [-0.15, -0.1) is 0 Å². The fourth-order valence-corrected chi connectivity index (χ4v) is 0.802. The van der Waals surface area contributed by atoms with Gasteiger partial charge in [0.25, 0.3) is 0 Å². The van der Waals surface area contributed by atoms with E-state index in [9.17, 15) is 9.59 Å². The Balaban J connectivity index is 3.67. The molecule has 0 rings (SSSR count). The van der Waals surface area contributed by atoms with Crippen LogP contribution in [0.5, 0.6) is 0 Å². The van der Waals surface area contributed by atoms with Crippen LogP contribution in [0.25, 0.3) is 0 Å². The van der Waals surface area contributed by atoms with Crippen LogP contribution in [0.1, 0.15) is 34.1 Å². The van der Waals surface area contributed by atoms with E-state index < -0.39 is 5.41 Å². The molecule has 0 aliphatic rings. The Morgan fingerprint density at radius 3 is 2.33 bits per heavy atom. The summed E-state index contributed by atoms with van der Waals surface area (Å²) < 4.78 is 4.85. The van der Waals surface area contributed by atoms with Gasteiger partial charge in [0.15, 0.2) is 12.4 Å². The van der Waals surface area contributed by atoms with Crippen LogP contribution in [0, 0.1) is 5.41 Å². The van der Waals surface area contributed by atoms with Gasteiger partial charge in [0.1, 0.15) is 0 Å². The van der Waals surface area contributed by atoms with Gasteiger partial charge in [-0.2, -0.15) is 0 Å². The predicted molar refractivity (Wildman–Crippen MR) is 58.6 cm³/mol. The Morgan fingerprint density at radius 1 is 1.27 bits per heavy atom. The first-order valence-corrected chi connectivity index (χ1v) is 5.27. The monoisotopic (exact) mass is 215 g/mol. The maximum Gasteiger partial charge on any atom is 0.307 e. The molecule has 0 saturated heterocycles. The first-order chi connectivity index (χ1) is 6.88. The zero-order chi connectivity index (χ0) is 11.9. The minimum absolute atomic E-state index is 0.0562. The average molecular weight is 215 g/mol. The Hall–Kier alpha value is -0.900. The van der Waals surface area contributed by atoms with E-state index >= 15 is 0 Å². The summed E-state index contributed by atoms with van der Waals surface area (Å²) in [5.41, 5.74) is -0.443. The molecule has 4 nitrogen and oxygen atoms in total. The maximum atomic E-state index is 11.4. The fraction of sp³-hybridized carbons (Fsp3) is 0.818. The molecule has 0 heterocycles. The highest BCUT2D eigenvalue weighted by Crippen LogP contribution is 2.14. The summed E-state index contributed by atoms with van der Waals surface area (Å²) in [5.74, 6) is -0.382. The quantitative estimate of drug-likeness (QED) is 0.533. The van der Waals surface area contributed by atoms with Gasteiger partial charge in [-0.1, -0.05) is 27.7 Å². The van der Waals surface area contributed by atoms with Gasteiger partial charge in [-0.05, 0) is 6.54 Å². The molecular formula is C11H21NO3. The molecule has 4 heteroatoms. The second kappa shape index (κ2) is 6.56. The zero-order valence-corrected chi connectivity index (χ0v) is 10.1. The van der Waals surface area contributed by atoms with E-state index in [1.807, 2.05) is 27.7 Å². The van der Waals surface area contributed by atoms with Gasteiger partial charge in [0, 0.05) is 12.0 Å². The lowest BCUT2D eigenvalue weighted by Gasteiger charge is -2.16. The number of rotatable bonds is 6. The molecule has 0 radical (unpaired) electrons. The molecule has 0 fully saturated rings. The van der Waals surface area contributed by atoms with Crippen molar-refractivity contribution in [2.24, 2.45) is 5.41 Å². The first-order valence-electron chi connectivity index (χ1n) is 5.27. The van der Waals surface area contributed by atoms with E-state index in [-0.39, 0.29) is 18.4 Å². The minimum atomic E-state index is -0.443. The number of Topliss-reactive ketones (excluding diaryl/α,β-unsaturated/α-hetero) is 1. The molecule has 0 aliphatic carbocycles. The van der Waals surface area contributed by atoms with Crippen LogP contribution in [-0.2, 0) is 14.3 Å². The van der Waals surface area contributed by atoms with E-state index in [1.54, 1.807) is 0 Å². The smallest absolute Gasteiger partial charge is 0.307 e. The van der Waals surface area contributed by atoms with Crippen molar-refractivity contribution in [3.05, 3.63) is 0 Å². The number of ether oxygens (including phenoxy) is 1. The van der Waals surface area contributed by atoms with Crippen molar-refractivity contribution >= 4 is 11.8 Å². The Kier molecular flexibility index (Phi) is 6.17. The number of hydrogen-bond acceptors (Lipinski definition) is 4. The van der Waals surface area contributed by atoms with E-state index in [4.69, 9.17) is 4.74 Å². The molecule has 88 valence electrons. The van der Waals surface area contributed by atoms with Gasteiger partial charge in [0.05, 0.1) is 6.42 Å². The minimum Gasteiger partial charge on any atom is -0.458 e. The molecule has 0 saturated carbocycles. The number of hydrogen-bond donors (Lipinski definition) is 1. The van der Waals surface area contributed by atoms with Crippen molar-refractivity contribution < 1.29 is 14.3 Å². The number of esters is 1. The van der Waals surface area contributed by atoms with Crippen molar-refractivity contribution in [1.82, 2.24) is 5.32 Å². The third kappa shape index (κ3) is 7.08. The summed E-state index contributed by atoms with van der Waals surface area (Å²) in [5, 5.41) is 3.01. The van der Waals surface area contributed by atoms with Crippen LogP contribution in [-0.4, -0.2) is 31.4 Å². The second-order valence-electron chi connectivity index (χ2n) is 4.44. The molecule has 0 spiro atoms. The molecule has 0 aromatic rings.